The lowest BCUT2D eigenvalue weighted by Crippen LogP contribution is -2.54. The topological polar surface area (TPSA) is 110 Å². The fourth-order valence-corrected chi connectivity index (χ4v) is 1.57. The maximum Gasteiger partial charge on any atom is 0.410 e. The van der Waals surface area contributed by atoms with Crippen LogP contribution < -0.4 is 10.6 Å². The van der Waals surface area contributed by atoms with Gasteiger partial charge in [0.05, 0.1) is 19.3 Å². The van der Waals surface area contributed by atoms with Gasteiger partial charge in [0.15, 0.2) is 12.0 Å². The summed E-state index contributed by atoms with van der Waals surface area (Å²) in [4.78, 5) is 22.8. The molecule has 0 aliphatic carbocycles. The largest absolute Gasteiger partial charge is 0.458 e. The Morgan fingerprint density at radius 2 is 1.95 bits per heavy atom. The molecule has 2 amide bonds. The molecular weight excluding hydrogens is 266 g/mol. The molecule has 2 atom stereocenters. The van der Waals surface area contributed by atoms with Gasteiger partial charge >= 0.3 is 12.2 Å². The van der Waals surface area contributed by atoms with Gasteiger partial charge in [0.25, 0.3) is 0 Å². The minimum atomic E-state index is -0.891. The fraction of sp³-hybridized carbons (Fsp3) is 0.583. The number of hydrogen-bond acceptors (Lipinski definition) is 6. The van der Waals surface area contributed by atoms with E-state index in [9.17, 15) is 9.59 Å². The summed E-state index contributed by atoms with van der Waals surface area (Å²) in [6.07, 6.45) is -0.338. The number of hydrogen-bond donors (Lipinski definition) is 2. The van der Waals surface area contributed by atoms with Crippen LogP contribution in [0.1, 0.15) is 20.3 Å². The van der Waals surface area contributed by atoms with Crippen molar-refractivity contribution in [2.45, 2.75) is 32.5 Å². The Kier molecular flexibility index (Phi) is 6.16. The minimum absolute atomic E-state index is 0.0775. The second kappa shape index (κ2) is 7.89. The van der Waals surface area contributed by atoms with Crippen molar-refractivity contribution < 1.29 is 23.8 Å². The predicted octanol–water partition coefficient (Wildman–Crippen LogP) is 1.00. The summed E-state index contributed by atoms with van der Waals surface area (Å²) in [5.74, 6) is 0.0775. The lowest BCUT2D eigenvalue weighted by molar-refractivity contribution is 0.0398. The second-order valence-electron chi connectivity index (χ2n) is 3.79. The molecule has 1 aliphatic heterocycles. The Hall–Kier alpha value is -2.43. The fourth-order valence-electron chi connectivity index (χ4n) is 1.57. The number of carbonyl (C=O) groups is 2. The monoisotopic (exact) mass is 283 g/mol. The standard InChI is InChI=1S/C12H17N3O5/c1-3-18-11(16)14-9-6-5-8(7-13)20-10(9)15-12(17)19-4-2/h5,9-10H,3-4,6H2,1-2H3,(H,14,16)(H,15,17)/t9-,10-/m1/s1. The number of rotatable bonds is 4. The van der Waals surface area contributed by atoms with Crippen LogP contribution in [0.25, 0.3) is 0 Å². The molecule has 0 saturated heterocycles. The van der Waals surface area contributed by atoms with Crippen LogP contribution in [0.3, 0.4) is 0 Å². The lowest BCUT2D eigenvalue weighted by Gasteiger charge is -2.30. The number of nitrogens with one attached hydrogen (secondary N) is 2. The Morgan fingerprint density at radius 1 is 1.35 bits per heavy atom. The highest BCUT2D eigenvalue weighted by atomic mass is 16.6. The highest BCUT2D eigenvalue weighted by Crippen LogP contribution is 2.16. The minimum Gasteiger partial charge on any atom is -0.458 e. The Morgan fingerprint density at radius 3 is 2.50 bits per heavy atom. The van der Waals surface area contributed by atoms with Gasteiger partial charge in [-0.1, -0.05) is 0 Å². The molecule has 0 radical (unpaired) electrons. The highest BCUT2D eigenvalue weighted by molar-refractivity contribution is 5.69. The van der Waals surface area contributed by atoms with E-state index in [0.29, 0.717) is 6.42 Å². The van der Waals surface area contributed by atoms with Gasteiger partial charge in [-0.2, -0.15) is 5.26 Å². The van der Waals surface area contributed by atoms with Crippen molar-refractivity contribution in [1.29, 1.82) is 5.26 Å². The summed E-state index contributed by atoms with van der Waals surface area (Å²) < 4.78 is 14.8. The van der Waals surface area contributed by atoms with Gasteiger partial charge in [-0.3, -0.25) is 5.32 Å². The van der Waals surface area contributed by atoms with Crippen LogP contribution >= 0.6 is 0 Å². The van der Waals surface area contributed by atoms with Crippen molar-refractivity contribution >= 4 is 12.2 Å². The van der Waals surface area contributed by atoms with E-state index in [2.05, 4.69) is 10.6 Å². The van der Waals surface area contributed by atoms with Crippen molar-refractivity contribution in [3.8, 4) is 6.07 Å². The zero-order valence-corrected chi connectivity index (χ0v) is 11.3. The van der Waals surface area contributed by atoms with E-state index in [0.717, 1.165) is 0 Å². The van der Waals surface area contributed by atoms with Crippen LogP contribution in [0.4, 0.5) is 9.59 Å². The summed E-state index contributed by atoms with van der Waals surface area (Å²) >= 11 is 0. The van der Waals surface area contributed by atoms with Gasteiger partial charge in [0.1, 0.15) is 6.07 Å². The zero-order valence-electron chi connectivity index (χ0n) is 11.3. The number of amides is 2. The van der Waals surface area contributed by atoms with Crippen LogP contribution in [0.2, 0.25) is 0 Å². The van der Waals surface area contributed by atoms with Gasteiger partial charge in [0, 0.05) is 0 Å². The van der Waals surface area contributed by atoms with E-state index in [-0.39, 0.29) is 19.0 Å². The summed E-state index contributed by atoms with van der Waals surface area (Å²) in [5.41, 5.74) is 0. The van der Waals surface area contributed by atoms with Crippen LogP contribution in [0.5, 0.6) is 0 Å². The molecule has 8 nitrogen and oxygen atoms in total. The number of nitriles is 1. The van der Waals surface area contributed by atoms with Crippen molar-refractivity contribution in [2.75, 3.05) is 13.2 Å². The van der Waals surface area contributed by atoms with Crippen LogP contribution in [0, 0.1) is 11.3 Å². The molecule has 1 heterocycles. The highest BCUT2D eigenvalue weighted by Gasteiger charge is 2.31. The van der Waals surface area contributed by atoms with Gasteiger partial charge in [-0.05, 0) is 26.3 Å². The molecule has 0 saturated carbocycles. The van der Waals surface area contributed by atoms with Gasteiger partial charge in [-0.15, -0.1) is 0 Å². The molecule has 1 rings (SSSR count). The predicted molar refractivity (Wildman–Crippen MR) is 67.3 cm³/mol. The third kappa shape index (κ3) is 4.68. The molecule has 0 unspecified atom stereocenters. The van der Waals surface area contributed by atoms with E-state index >= 15 is 0 Å². The van der Waals surface area contributed by atoms with Gasteiger partial charge in [-0.25, -0.2) is 9.59 Å². The summed E-state index contributed by atoms with van der Waals surface area (Å²) in [6, 6.07) is 1.30. The number of alkyl carbamates (subject to hydrolysis) is 2. The SMILES string of the molecule is CCOC(=O)N[C@@H]1OC(C#N)=CC[C@H]1NC(=O)OCC. The second-order valence-corrected chi connectivity index (χ2v) is 3.79. The first kappa shape index (κ1) is 15.6. The number of carbonyl (C=O) groups excluding carboxylic acids is 2. The molecule has 20 heavy (non-hydrogen) atoms. The molecule has 1 aliphatic rings. The maximum absolute atomic E-state index is 11.4. The Labute approximate surface area is 116 Å². The van der Waals surface area contributed by atoms with E-state index in [1.807, 2.05) is 6.07 Å². The molecule has 0 aromatic heterocycles. The molecule has 0 aromatic rings. The zero-order chi connectivity index (χ0) is 15.0. The van der Waals surface area contributed by atoms with Crippen molar-refractivity contribution in [3.05, 3.63) is 11.8 Å². The average molecular weight is 283 g/mol. The summed E-state index contributed by atoms with van der Waals surface area (Å²) in [6.45, 7) is 3.78. The first-order valence-corrected chi connectivity index (χ1v) is 6.24. The first-order valence-electron chi connectivity index (χ1n) is 6.24. The molecule has 0 fully saturated rings. The van der Waals surface area contributed by atoms with Crippen LogP contribution in [0.15, 0.2) is 11.8 Å². The summed E-state index contributed by atoms with van der Waals surface area (Å²) in [5, 5.41) is 13.8. The number of nitrogens with zero attached hydrogens (tertiary/aromatic N) is 1. The Balaban J connectivity index is 2.68. The molecule has 110 valence electrons. The van der Waals surface area contributed by atoms with E-state index in [1.165, 1.54) is 6.08 Å². The van der Waals surface area contributed by atoms with E-state index < -0.39 is 24.5 Å². The lowest BCUT2D eigenvalue weighted by atomic mass is 10.1. The molecule has 8 heteroatoms. The van der Waals surface area contributed by atoms with Crippen molar-refractivity contribution in [1.82, 2.24) is 10.6 Å². The van der Waals surface area contributed by atoms with Crippen LogP contribution in [-0.2, 0) is 14.2 Å². The van der Waals surface area contributed by atoms with Gasteiger partial charge in [0.2, 0.25) is 0 Å². The molecule has 0 bridgehead atoms. The Bertz CT molecular complexity index is 429. The molecule has 0 aromatic carbocycles. The van der Waals surface area contributed by atoms with Gasteiger partial charge < -0.3 is 19.5 Å². The normalized spacial score (nSPS) is 20.8. The maximum atomic E-state index is 11.4. The quantitative estimate of drug-likeness (QED) is 0.796. The number of ether oxygens (including phenoxy) is 3. The average Bonchev–Trinajstić information content (AvgIpc) is 2.41. The number of allylic oxidation sites excluding steroid dienone is 1. The van der Waals surface area contributed by atoms with Crippen LogP contribution in [-0.4, -0.2) is 37.7 Å². The molecule has 0 spiro atoms. The van der Waals surface area contributed by atoms with Crippen molar-refractivity contribution in [3.63, 3.8) is 0 Å². The van der Waals surface area contributed by atoms with E-state index in [4.69, 9.17) is 19.5 Å². The molecule has 2 N–H and O–H groups in total. The smallest absolute Gasteiger partial charge is 0.410 e. The third-order valence-electron chi connectivity index (χ3n) is 2.40. The summed E-state index contributed by atoms with van der Waals surface area (Å²) in [7, 11) is 0. The van der Waals surface area contributed by atoms with Crippen molar-refractivity contribution in [2.24, 2.45) is 0 Å². The van der Waals surface area contributed by atoms with E-state index in [1.54, 1.807) is 13.8 Å². The first-order chi connectivity index (χ1) is 9.60. The third-order valence-corrected chi connectivity index (χ3v) is 2.40. The molecular formula is C12H17N3O5.